The fourth-order valence-electron chi connectivity index (χ4n) is 2.93. The van der Waals surface area contributed by atoms with Crippen molar-refractivity contribution in [2.24, 2.45) is 0 Å². The van der Waals surface area contributed by atoms with E-state index in [1.165, 1.54) is 0 Å². The molecule has 5 heteroatoms. The number of rotatable bonds is 5. The van der Waals surface area contributed by atoms with Crippen molar-refractivity contribution >= 4 is 11.8 Å². The number of hydrogen-bond donors (Lipinski definition) is 2. The molecule has 1 aromatic rings. The monoisotopic (exact) mass is 318 g/mol. The molecule has 2 rings (SSSR count). The maximum Gasteiger partial charge on any atom is 0.242 e. The Kier molecular flexibility index (Phi) is 6.16. The highest BCUT2D eigenvalue weighted by Crippen LogP contribution is 2.19. The summed E-state index contributed by atoms with van der Waals surface area (Å²) in [6, 6.07) is 7.19. The van der Waals surface area contributed by atoms with Gasteiger partial charge in [-0.15, -0.1) is 0 Å². The number of aliphatic hydroxyl groups is 1. The van der Waals surface area contributed by atoms with Crippen molar-refractivity contribution in [2.45, 2.75) is 51.7 Å². The molecule has 0 radical (unpaired) electrons. The summed E-state index contributed by atoms with van der Waals surface area (Å²) in [4.78, 5) is 26.1. The minimum Gasteiger partial charge on any atom is -0.387 e. The van der Waals surface area contributed by atoms with E-state index in [2.05, 4.69) is 5.32 Å². The lowest BCUT2D eigenvalue weighted by Gasteiger charge is -2.34. The number of carbonyl (C=O) groups excluding carboxylic acids is 2. The molecule has 1 aliphatic heterocycles. The van der Waals surface area contributed by atoms with Gasteiger partial charge in [0.15, 0.2) is 0 Å². The summed E-state index contributed by atoms with van der Waals surface area (Å²) in [5.74, 6) is -0.151. The molecule has 0 aromatic heterocycles. The average molecular weight is 318 g/mol. The number of benzene rings is 1. The lowest BCUT2D eigenvalue weighted by atomic mass is 10.0. The van der Waals surface area contributed by atoms with E-state index in [0.29, 0.717) is 19.4 Å². The number of aryl methyl sites for hydroxylation is 1. The van der Waals surface area contributed by atoms with Crippen LogP contribution in [0.3, 0.4) is 0 Å². The molecule has 0 aliphatic carbocycles. The number of nitrogens with one attached hydrogen (secondary N) is 1. The Morgan fingerprint density at radius 3 is 2.65 bits per heavy atom. The molecule has 0 spiro atoms. The number of piperidine rings is 1. The second-order valence-electron chi connectivity index (χ2n) is 6.12. The average Bonchev–Trinajstić information content (AvgIpc) is 2.59. The van der Waals surface area contributed by atoms with Gasteiger partial charge in [0.1, 0.15) is 6.04 Å². The third-order valence-electron chi connectivity index (χ3n) is 4.36. The summed E-state index contributed by atoms with van der Waals surface area (Å²) < 4.78 is 0. The predicted molar refractivity (Wildman–Crippen MR) is 88.8 cm³/mol. The molecular formula is C18H26N2O3. The van der Waals surface area contributed by atoms with E-state index in [4.69, 9.17) is 0 Å². The first-order valence-electron chi connectivity index (χ1n) is 8.34. The van der Waals surface area contributed by atoms with Crippen molar-refractivity contribution in [3.05, 3.63) is 35.4 Å². The van der Waals surface area contributed by atoms with Crippen LogP contribution in [0.15, 0.2) is 24.3 Å². The van der Waals surface area contributed by atoms with Crippen LogP contribution in [0.1, 0.15) is 49.8 Å². The summed E-state index contributed by atoms with van der Waals surface area (Å²) in [5, 5.41) is 13.0. The quantitative estimate of drug-likeness (QED) is 0.871. The van der Waals surface area contributed by atoms with E-state index in [-0.39, 0.29) is 18.4 Å². The lowest BCUT2D eigenvalue weighted by Crippen LogP contribution is -2.52. The van der Waals surface area contributed by atoms with Gasteiger partial charge >= 0.3 is 0 Å². The molecule has 2 N–H and O–H groups in total. The summed E-state index contributed by atoms with van der Waals surface area (Å²) in [6.45, 7) is 4.60. The maximum absolute atomic E-state index is 12.4. The van der Waals surface area contributed by atoms with E-state index in [1.807, 2.05) is 38.1 Å². The van der Waals surface area contributed by atoms with Gasteiger partial charge in [0.25, 0.3) is 0 Å². The molecule has 2 amide bonds. The van der Waals surface area contributed by atoms with Gasteiger partial charge in [0.2, 0.25) is 11.8 Å². The Morgan fingerprint density at radius 2 is 2.00 bits per heavy atom. The van der Waals surface area contributed by atoms with Gasteiger partial charge in [0, 0.05) is 19.5 Å². The van der Waals surface area contributed by atoms with Crippen LogP contribution in [0, 0.1) is 6.92 Å². The Balaban J connectivity index is 1.92. The number of hydrogen-bond acceptors (Lipinski definition) is 3. The van der Waals surface area contributed by atoms with E-state index < -0.39 is 12.1 Å². The zero-order valence-electron chi connectivity index (χ0n) is 13.9. The molecule has 1 fully saturated rings. The third-order valence-corrected chi connectivity index (χ3v) is 4.36. The fraction of sp³-hybridized carbons (Fsp3) is 0.556. The topological polar surface area (TPSA) is 69.6 Å². The van der Waals surface area contributed by atoms with Crippen LogP contribution in [-0.2, 0) is 9.59 Å². The first-order valence-corrected chi connectivity index (χ1v) is 8.34. The number of likely N-dealkylation sites (tertiary alicyclic amines) is 1. The van der Waals surface area contributed by atoms with Gasteiger partial charge < -0.3 is 15.3 Å². The highest BCUT2D eigenvalue weighted by atomic mass is 16.3. The first-order chi connectivity index (χ1) is 11.0. The van der Waals surface area contributed by atoms with Crippen LogP contribution in [0.25, 0.3) is 0 Å². The molecule has 1 heterocycles. The van der Waals surface area contributed by atoms with Gasteiger partial charge in [-0.1, -0.05) is 36.8 Å². The highest BCUT2D eigenvalue weighted by molar-refractivity contribution is 5.87. The first kappa shape index (κ1) is 17.5. The standard InChI is InChI=1S/C18H26N2O3/c1-3-17(22)20-11-5-4-6-15(20)18(23)19-12-16(21)14-9-7-13(2)8-10-14/h7-10,15-16,21H,3-6,11-12H2,1-2H3,(H,19,23). The Morgan fingerprint density at radius 1 is 1.30 bits per heavy atom. The second-order valence-corrected chi connectivity index (χ2v) is 6.12. The number of carbonyl (C=O) groups is 2. The van der Waals surface area contributed by atoms with Crippen LogP contribution < -0.4 is 5.32 Å². The van der Waals surface area contributed by atoms with Gasteiger partial charge in [0.05, 0.1) is 6.10 Å². The summed E-state index contributed by atoms with van der Waals surface area (Å²) in [5.41, 5.74) is 1.90. The SMILES string of the molecule is CCC(=O)N1CCCCC1C(=O)NCC(O)c1ccc(C)cc1. The molecule has 2 unspecified atom stereocenters. The number of aliphatic hydroxyl groups excluding tert-OH is 1. The van der Waals surface area contributed by atoms with Gasteiger partial charge in [-0.25, -0.2) is 0 Å². The second kappa shape index (κ2) is 8.11. The third kappa shape index (κ3) is 4.55. The summed E-state index contributed by atoms with van der Waals surface area (Å²) in [6.07, 6.45) is 2.26. The van der Waals surface area contributed by atoms with E-state index in [9.17, 15) is 14.7 Å². The van der Waals surface area contributed by atoms with Crippen LogP contribution in [-0.4, -0.2) is 41.0 Å². The predicted octanol–water partition coefficient (Wildman–Crippen LogP) is 1.94. The molecule has 126 valence electrons. The molecule has 1 aromatic carbocycles. The van der Waals surface area contributed by atoms with Crippen LogP contribution in [0.5, 0.6) is 0 Å². The van der Waals surface area contributed by atoms with Crippen molar-refractivity contribution in [1.29, 1.82) is 0 Å². The van der Waals surface area contributed by atoms with Crippen LogP contribution in [0.2, 0.25) is 0 Å². The van der Waals surface area contributed by atoms with Crippen molar-refractivity contribution in [1.82, 2.24) is 10.2 Å². The normalized spacial score (nSPS) is 19.3. The van der Waals surface area contributed by atoms with E-state index >= 15 is 0 Å². The van der Waals surface area contributed by atoms with Gasteiger partial charge in [-0.3, -0.25) is 9.59 Å². The van der Waals surface area contributed by atoms with Crippen molar-refractivity contribution in [2.75, 3.05) is 13.1 Å². The number of nitrogens with zero attached hydrogens (tertiary/aromatic N) is 1. The lowest BCUT2D eigenvalue weighted by molar-refractivity contribution is -0.142. The van der Waals surface area contributed by atoms with Crippen LogP contribution in [0.4, 0.5) is 0 Å². The molecule has 0 bridgehead atoms. The molecule has 0 saturated carbocycles. The van der Waals surface area contributed by atoms with E-state index in [1.54, 1.807) is 4.90 Å². The van der Waals surface area contributed by atoms with Crippen molar-refractivity contribution < 1.29 is 14.7 Å². The minimum absolute atomic E-state index is 0.0175. The Bertz CT molecular complexity index is 542. The molecule has 1 aliphatic rings. The zero-order valence-corrected chi connectivity index (χ0v) is 13.9. The fourth-order valence-corrected chi connectivity index (χ4v) is 2.93. The summed E-state index contributed by atoms with van der Waals surface area (Å²) >= 11 is 0. The molecular weight excluding hydrogens is 292 g/mol. The largest absolute Gasteiger partial charge is 0.387 e. The van der Waals surface area contributed by atoms with E-state index in [0.717, 1.165) is 24.0 Å². The highest BCUT2D eigenvalue weighted by Gasteiger charge is 2.31. The number of amides is 2. The van der Waals surface area contributed by atoms with Crippen molar-refractivity contribution in [3.63, 3.8) is 0 Å². The maximum atomic E-state index is 12.4. The molecule has 1 saturated heterocycles. The van der Waals surface area contributed by atoms with Gasteiger partial charge in [-0.05, 0) is 31.7 Å². The van der Waals surface area contributed by atoms with Gasteiger partial charge in [-0.2, -0.15) is 0 Å². The molecule has 5 nitrogen and oxygen atoms in total. The molecule has 2 atom stereocenters. The minimum atomic E-state index is -0.738. The summed E-state index contributed by atoms with van der Waals surface area (Å²) in [7, 11) is 0. The van der Waals surface area contributed by atoms with Crippen LogP contribution >= 0.6 is 0 Å². The molecule has 23 heavy (non-hydrogen) atoms. The van der Waals surface area contributed by atoms with Crippen molar-refractivity contribution in [3.8, 4) is 0 Å². The smallest absolute Gasteiger partial charge is 0.242 e. The zero-order chi connectivity index (χ0) is 16.8. The Hall–Kier alpha value is -1.88. The Labute approximate surface area is 137 Å².